The average Bonchev–Trinajstić information content (AvgIpc) is 3.34. The molecule has 0 saturated heterocycles. The van der Waals surface area contributed by atoms with Gasteiger partial charge >= 0.3 is 0 Å². The second-order valence-corrected chi connectivity index (χ2v) is 8.74. The summed E-state index contributed by atoms with van der Waals surface area (Å²) in [6.45, 7) is 3.77. The fourth-order valence-corrected chi connectivity index (χ4v) is 4.32. The highest BCUT2D eigenvalue weighted by Crippen LogP contribution is 2.26. The summed E-state index contributed by atoms with van der Waals surface area (Å²) in [5.41, 5.74) is 2.30. The Morgan fingerprint density at radius 1 is 1.10 bits per heavy atom. The molecular weight excluding hydrogens is 392 g/mol. The first kappa shape index (κ1) is 19.2. The van der Waals surface area contributed by atoms with E-state index in [0.717, 1.165) is 5.52 Å². The fraction of sp³-hybridized carbons (Fsp3) is 0.263. The van der Waals surface area contributed by atoms with Crippen molar-refractivity contribution in [2.75, 3.05) is 0 Å². The Balaban J connectivity index is 1.64. The van der Waals surface area contributed by atoms with Gasteiger partial charge < -0.3 is 4.52 Å². The third kappa shape index (κ3) is 3.76. The highest BCUT2D eigenvalue weighted by molar-refractivity contribution is 7.89. The quantitative estimate of drug-likeness (QED) is 0.517. The van der Waals surface area contributed by atoms with Crippen molar-refractivity contribution >= 4 is 21.1 Å². The lowest BCUT2D eigenvalue weighted by Gasteiger charge is -2.18. The second kappa shape index (κ2) is 7.37. The molecule has 1 atom stereocenters. The molecule has 29 heavy (non-hydrogen) atoms. The minimum atomic E-state index is -3.73. The van der Waals surface area contributed by atoms with Crippen LogP contribution < -0.4 is 4.72 Å². The van der Waals surface area contributed by atoms with Crippen LogP contribution in [-0.4, -0.2) is 33.6 Å². The maximum Gasteiger partial charge on any atom is 0.245 e. The Bertz CT molecular complexity index is 1250. The molecule has 0 aliphatic carbocycles. The molecule has 9 nitrogen and oxygen atoms in total. The molecule has 2 aromatic carbocycles. The molecule has 0 saturated carbocycles. The molecular formula is C19H20N6O3S. The number of aryl methyl sites for hydroxylation is 1. The standard InChI is InChI=1S/C19H20N6O3S/c1-12(2)17(23-29(26,27)14-7-5-4-6-8-14)19-20-18(22-28-19)13-9-10-16-15(11-13)21-24-25(16)3/h4-12,17,23H,1-3H3/t17-/m1/s1. The summed E-state index contributed by atoms with van der Waals surface area (Å²) in [5.74, 6) is 0.454. The van der Waals surface area contributed by atoms with Crippen LogP contribution in [0, 0.1) is 5.92 Å². The molecule has 0 unspecified atom stereocenters. The zero-order valence-electron chi connectivity index (χ0n) is 16.1. The summed E-state index contributed by atoms with van der Waals surface area (Å²) >= 11 is 0. The Morgan fingerprint density at radius 2 is 1.86 bits per heavy atom. The predicted molar refractivity (Wildman–Crippen MR) is 106 cm³/mol. The summed E-state index contributed by atoms with van der Waals surface area (Å²) in [6.07, 6.45) is 0. The van der Waals surface area contributed by atoms with Crippen LogP contribution in [0.1, 0.15) is 25.8 Å². The maximum atomic E-state index is 12.7. The third-order valence-electron chi connectivity index (χ3n) is 4.58. The molecule has 0 bridgehead atoms. The molecule has 4 rings (SSSR count). The summed E-state index contributed by atoms with van der Waals surface area (Å²) in [5, 5.41) is 12.1. The summed E-state index contributed by atoms with van der Waals surface area (Å²) in [6, 6.07) is 13.1. The second-order valence-electron chi connectivity index (χ2n) is 7.03. The first-order chi connectivity index (χ1) is 13.8. The normalized spacial score (nSPS) is 13.2. The van der Waals surface area contributed by atoms with E-state index in [-0.39, 0.29) is 16.7 Å². The van der Waals surface area contributed by atoms with E-state index in [4.69, 9.17) is 4.52 Å². The van der Waals surface area contributed by atoms with Crippen LogP contribution in [0.4, 0.5) is 0 Å². The number of benzene rings is 2. The van der Waals surface area contributed by atoms with Crippen molar-refractivity contribution in [3.63, 3.8) is 0 Å². The van der Waals surface area contributed by atoms with Crippen molar-refractivity contribution < 1.29 is 12.9 Å². The molecule has 150 valence electrons. The Kier molecular flexibility index (Phi) is 4.89. The van der Waals surface area contributed by atoms with E-state index in [0.29, 0.717) is 16.9 Å². The monoisotopic (exact) mass is 412 g/mol. The lowest BCUT2D eigenvalue weighted by atomic mass is 10.1. The van der Waals surface area contributed by atoms with Crippen molar-refractivity contribution in [3.05, 3.63) is 54.4 Å². The van der Waals surface area contributed by atoms with Gasteiger partial charge in [-0.05, 0) is 36.2 Å². The van der Waals surface area contributed by atoms with E-state index in [9.17, 15) is 8.42 Å². The van der Waals surface area contributed by atoms with Gasteiger partial charge in [0.25, 0.3) is 0 Å². The number of nitrogens with one attached hydrogen (secondary N) is 1. The minimum Gasteiger partial charge on any atom is -0.337 e. The lowest BCUT2D eigenvalue weighted by molar-refractivity contribution is 0.311. The fourth-order valence-electron chi connectivity index (χ4n) is 2.96. The first-order valence-corrected chi connectivity index (χ1v) is 10.5. The van der Waals surface area contributed by atoms with Gasteiger partial charge in [0.15, 0.2) is 0 Å². The van der Waals surface area contributed by atoms with Crippen molar-refractivity contribution in [3.8, 4) is 11.4 Å². The zero-order valence-corrected chi connectivity index (χ0v) is 17.0. The van der Waals surface area contributed by atoms with Crippen molar-refractivity contribution in [2.24, 2.45) is 13.0 Å². The van der Waals surface area contributed by atoms with Gasteiger partial charge in [0.2, 0.25) is 21.7 Å². The van der Waals surface area contributed by atoms with Crippen LogP contribution in [0.2, 0.25) is 0 Å². The van der Waals surface area contributed by atoms with Crippen LogP contribution in [-0.2, 0) is 17.1 Å². The first-order valence-electron chi connectivity index (χ1n) is 9.06. The molecule has 1 N–H and O–H groups in total. The van der Waals surface area contributed by atoms with Crippen LogP contribution >= 0.6 is 0 Å². The van der Waals surface area contributed by atoms with Gasteiger partial charge in [0.05, 0.1) is 10.4 Å². The molecule has 2 aromatic heterocycles. The van der Waals surface area contributed by atoms with E-state index in [1.165, 1.54) is 12.1 Å². The van der Waals surface area contributed by atoms with Crippen LogP contribution in [0.15, 0.2) is 57.9 Å². The van der Waals surface area contributed by atoms with Crippen molar-refractivity contribution in [1.29, 1.82) is 0 Å². The Hall–Kier alpha value is -3.11. The molecule has 0 spiro atoms. The summed E-state index contributed by atoms with van der Waals surface area (Å²) in [7, 11) is -1.92. The molecule has 0 radical (unpaired) electrons. The highest BCUT2D eigenvalue weighted by Gasteiger charge is 2.28. The van der Waals surface area contributed by atoms with Crippen molar-refractivity contribution in [2.45, 2.75) is 24.8 Å². The van der Waals surface area contributed by atoms with Gasteiger partial charge in [-0.3, -0.25) is 0 Å². The van der Waals surface area contributed by atoms with Crippen LogP contribution in [0.5, 0.6) is 0 Å². The maximum absolute atomic E-state index is 12.7. The average molecular weight is 412 g/mol. The number of nitrogens with zero attached hydrogens (tertiary/aromatic N) is 5. The SMILES string of the molecule is CC(C)[C@@H](NS(=O)(=O)c1ccccc1)c1nc(-c2ccc3c(c2)nnn3C)no1. The number of sulfonamides is 1. The number of hydrogen-bond donors (Lipinski definition) is 1. The van der Waals surface area contributed by atoms with Gasteiger partial charge in [-0.1, -0.05) is 42.4 Å². The molecule has 0 aliphatic rings. The summed E-state index contributed by atoms with van der Waals surface area (Å²) in [4.78, 5) is 4.61. The Labute approximate surface area is 167 Å². The number of aromatic nitrogens is 5. The summed E-state index contributed by atoms with van der Waals surface area (Å²) < 4.78 is 35.2. The lowest BCUT2D eigenvalue weighted by Crippen LogP contribution is -2.32. The number of hydrogen-bond acceptors (Lipinski definition) is 7. The number of rotatable bonds is 6. The van der Waals surface area contributed by atoms with Crippen molar-refractivity contribution in [1.82, 2.24) is 29.9 Å². The molecule has 0 amide bonds. The van der Waals surface area contributed by atoms with Crippen LogP contribution in [0.3, 0.4) is 0 Å². The molecule has 10 heteroatoms. The molecule has 2 heterocycles. The van der Waals surface area contributed by atoms with E-state index in [1.807, 2.05) is 39.1 Å². The van der Waals surface area contributed by atoms with Gasteiger partial charge in [0, 0.05) is 12.6 Å². The van der Waals surface area contributed by atoms with Gasteiger partial charge in [-0.2, -0.15) is 9.71 Å². The van der Waals surface area contributed by atoms with E-state index in [1.54, 1.807) is 22.9 Å². The smallest absolute Gasteiger partial charge is 0.245 e. The molecule has 4 aromatic rings. The predicted octanol–water partition coefficient (Wildman–Crippen LogP) is 2.69. The van der Waals surface area contributed by atoms with Gasteiger partial charge in [0.1, 0.15) is 11.6 Å². The number of fused-ring (bicyclic) bond motifs is 1. The van der Waals surface area contributed by atoms with E-state index >= 15 is 0 Å². The minimum absolute atomic E-state index is 0.107. The third-order valence-corrected chi connectivity index (χ3v) is 6.04. The molecule has 0 aliphatic heterocycles. The van der Waals surface area contributed by atoms with E-state index in [2.05, 4.69) is 25.2 Å². The van der Waals surface area contributed by atoms with E-state index < -0.39 is 16.1 Å². The van der Waals surface area contributed by atoms with Gasteiger partial charge in [-0.15, -0.1) is 5.10 Å². The topological polar surface area (TPSA) is 116 Å². The zero-order chi connectivity index (χ0) is 20.6. The highest BCUT2D eigenvalue weighted by atomic mass is 32.2. The molecule has 0 fully saturated rings. The van der Waals surface area contributed by atoms with Crippen LogP contribution in [0.25, 0.3) is 22.4 Å². The largest absolute Gasteiger partial charge is 0.337 e. The van der Waals surface area contributed by atoms with Gasteiger partial charge in [-0.25, -0.2) is 13.1 Å². The Morgan fingerprint density at radius 3 is 2.59 bits per heavy atom.